The molecule has 104 valence electrons. The van der Waals surface area contributed by atoms with Crippen molar-refractivity contribution in [3.05, 3.63) is 23.4 Å². The molecule has 0 spiro atoms. The molecule has 1 N–H and O–H groups in total. The molecular weight excluding hydrogens is 240 g/mol. The number of anilines is 1. The second kappa shape index (κ2) is 5.19. The molecule has 0 saturated heterocycles. The van der Waals surface area contributed by atoms with Gasteiger partial charge in [-0.2, -0.15) is 0 Å². The normalized spacial score (nSPS) is 16.3. The van der Waals surface area contributed by atoms with Gasteiger partial charge in [0.15, 0.2) is 0 Å². The summed E-state index contributed by atoms with van der Waals surface area (Å²) >= 11 is 0. The van der Waals surface area contributed by atoms with Crippen LogP contribution in [0, 0.1) is 18.3 Å². The van der Waals surface area contributed by atoms with E-state index < -0.39 is 0 Å². The van der Waals surface area contributed by atoms with E-state index in [1.165, 1.54) is 20.0 Å². The second-order valence-corrected chi connectivity index (χ2v) is 5.69. The van der Waals surface area contributed by atoms with Crippen molar-refractivity contribution in [1.82, 2.24) is 4.98 Å². The summed E-state index contributed by atoms with van der Waals surface area (Å²) < 4.78 is 4.71. The summed E-state index contributed by atoms with van der Waals surface area (Å²) in [6.45, 7) is 7.32. The van der Waals surface area contributed by atoms with Crippen LogP contribution >= 0.6 is 0 Å². The SMILES string of the molecule is COC(=O)c1ccc(NCC2(C(C)C)CC2)nc1C. The Morgan fingerprint density at radius 3 is 2.63 bits per heavy atom. The Balaban J connectivity index is 2.03. The number of rotatable bonds is 5. The number of hydrogen-bond donors (Lipinski definition) is 1. The van der Waals surface area contributed by atoms with Gasteiger partial charge in [-0.05, 0) is 43.2 Å². The zero-order chi connectivity index (χ0) is 14.0. The topological polar surface area (TPSA) is 51.2 Å². The summed E-state index contributed by atoms with van der Waals surface area (Å²) in [5.74, 6) is 1.19. The van der Waals surface area contributed by atoms with E-state index in [0.29, 0.717) is 22.6 Å². The summed E-state index contributed by atoms with van der Waals surface area (Å²) in [5, 5.41) is 3.39. The Morgan fingerprint density at radius 1 is 1.47 bits per heavy atom. The molecule has 1 saturated carbocycles. The first-order valence-corrected chi connectivity index (χ1v) is 6.78. The van der Waals surface area contributed by atoms with Gasteiger partial charge in [-0.3, -0.25) is 0 Å². The van der Waals surface area contributed by atoms with Gasteiger partial charge in [-0.25, -0.2) is 9.78 Å². The van der Waals surface area contributed by atoms with E-state index in [1.807, 2.05) is 13.0 Å². The standard InChI is InChI=1S/C15H22N2O2/c1-10(2)15(7-8-15)9-16-13-6-5-12(11(3)17-13)14(18)19-4/h5-6,10H,7-9H2,1-4H3,(H,16,17). The Hall–Kier alpha value is -1.58. The van der Waals surface area contributed by atoms with Crippen molar-refractivity contribution in [2.75, 3.05) is 19.0 Å². The van der Waals surface area contributed by atoms with E-state index in [4.69, 9.17) is 4.74 Å². The van der Waals surface area contributed by atoms with E-state index in [9.17, 15) is 4.79 Å². The number of nitrogens with zero attached hydrogens (tertiary/aromatic N) is 1. The number of carbonyl (C=O) groups is 1. The second-order valence-electron chi connectivity index (χ2n) is 5.69. The third-order valence-electron chi connectivity index (χ3n) is 4.23. The fraction of sp³-hybridized carbons (Fsp3) is 0.600. The van der Waals surface area contributed by atoms with Crippen molar-refractivity contribution in [2.45, 2.75) is 33.6 Å². The Morgan fingerprint density at radius 2 is 2.16 bits per heavy atom. The van der Waals surface area contributed by atoms with Crippen molar-refractivity contribution >= 4 is 11.8 Å². The molecule has 0 aliphatic heterocycles. The largest absolute Gasteiger partial charge is 0.465 e. The van der Waals surface area contributed by atoms with Crippen molar-refractivity contribution in [3.8, 4) is 0 Å². The van der Waals surface area contributed by atoms with Crippen LogP contribution in [0.1, 0.15) is 42.7 Å². The first kappa shape index (κ1) is 13.8. The van der Waals surface area contributed by atoms with Crippen LogP contribution in [0.4, 0.5) is 5.82 Å². The molecule has 1 aromatic heterocycles. The van der Waals surface area contributed by atoms with E-state index in [1.54, 1.807) is 6.07 Å². The lowest BCUT2D eigenvalue weighted by Gasteiger charge is -2.20. The van der Waals surface area contributed by atoms with Gasteiger partial charge in [-0.15, -0.1) is 0 Å². The fourth-order valence-corrected chi connectivity index (χ4v) is 2.37. The summed E-state index contributed by atoms with van der Waals surface area (Å²) in [6.07, 6.45) is 2.58. The Labute approximate surface area is 114 Å². The first-order chi connectivity index (χ1) is 8.98. The number of methoxy groups -OCH3 is 1. The van der Waals surface area contributed by atoms with Crippen LogP contribution in [-0.2, 0) is 4.74 Å². The molecule has 0 aromatic carbocycles. The molecule has 0 radical (unpaired) electrons. The summed E-state index contributed by atoms with van der Waals surface area (Å²) in [6, 6.07) is 3.61. The van der Waals surface area contributed by atoms with E-state index in [-0.39, 0.29) is 5.97 Å². The molecular formula is C15H22N2O2. The van der Waals surface area contributed by atoms with Crippen molar-refractivity contribution in [1.29, 1.82) is 0 Å². The average Bonchev–Trinajstić information content (AvgIpc) is 3.17. The number of carbonyl (C=O) groups excluding carboxylic acids is 1. The molecule has 0 amide bonds. The van der Waals surface area contributed by atoms with Gasteiger partial charge < -0.3 is 10.1 Å². The Bertz CT molecular complexity index is 479. The van der Waals surface area contributed by atoms with Crippen LogP contribution in [0.15, 0.2) is 12.1 Å². The third-order valence-corrected chi connectivity index (χ3v) is 4.23. The zero-order valence-corrected chi connectivity index (χ0v) is 12.1. The molecule has 1 aliphatic rings. The lowest BCUT2D eigenvalue weighted by molar-refractivity contribution is 0.0599. The van der Waals surface area contributed by atoms with Gasteiger partial charge in [0, 0.05) is 6.54 Å². The molecule has 1 aliphatic carbocycles. The third kappa shape index (κ3) is 2.88. The summed E-state index contributed by atoms with van der Waals surface area (Å²) in [4.78, 5) is 15.9. The van der Waals surface area contributed by atoms with Gasteiger partial charge in [0.05, 0.1) is 18.4 Å². The van der Waals surface area contributed by atoms with Gasteiger partial charge in [0.2, 0.25) is 0 Å². The molecule has 1 heterocycles. The van der Waals surface area contributed by atoms with Gasteiger partial charge in [0.25, 0.3) is 0 Å². The molecule has 0 bridgehead atoms. The van der Waals surface area contributed by atoms with Crippen molar-refractivity contribution in [2.24, 2.45) is 11.3 Å². The smallest absolute Gasteiger partial charge is 0.339 e. The number of nitrogens with one attached hydrogen (secondary N) is 1. The van der Waals surface area contributed by atoms with E-state index in [2.05, 4.69) is 24.1 Å². The lowest BCUT2D eigenvalue weighted by atomic mass is 9.92. The van der Waals surface area contributed by atoms with Crippen LogP contribution in [-0.4, -0.2) is 24.6 Å². The number of aryl methyl sites for hydroxylation is 1. The molecule has 4 heteroatoms. The predicted molar refractivity (Wildman–Crippen MR) is 75.3 cm³/mol. The molecule has 2 rings (SSSR count). The minimum Gasteiger partial charge on any atom is -0.465 e. The maximum Gasteiger partial charge on any atom is 0.339 e. The molecule has 1 fully saturated rings. The number of hydrogen-bond acceptors (Lipinski definition) is 4. The van der Waals surface area contributed by atoms with Crippen LogP contribution in [0.25, 0.3) is 0 Å². The fourth-order valence-electron chi connectivity index (χ4n) is 2.37. The maximum absolute atomic E-state index is 11.5. The number of ether oxygens (including phenoxy) is 1. The van der Waals surface area contributed by atoms with Crippen LogP contribution in [0.2, 0.25) is 0 Å². The maximum atomic E-state index is 11.5. The summed E-state index contributed by atoms with van der Waals surface area (Å²) in [7, 11) is 1.38. The predicted octanol–water partition coefficient (Wildman–Crippen LogP) is 3.02. The molecule has 0 unspecified atom stereocenters. The zero-order valence-electron chi connectivity index (χ0n) is 12.1. The quantitative estimate of drug-likeness (QED) is 0.829. The average molecular weight is 262 g/mol. The number of esters is 1. The van der Waals surface area contributed by atoms with Gasteiger partial charge in [0.1, 0.15) is 5.82 Å². The van der Waals surface area contributed by atoms with E-state index >= 15 is 0 Å². The highest BCUT2D eigenvalue weighted by molar-refractivity contribution is 5.90. The summed E-state index contributed by atoms with van der Waals surface area (Å²) in [5.41, 5.74) is 1.67. The highest BCUT2D eigenvalue weighted by Crippen LogP contribution is 2.51. The molecule has 19 heavy (non-hydrogen) atoms. The molecule has 1 aromatic rings. The Kier molecular flexibility index (Phi) is 3.78. The van der Waals surface area contributed by atoms with Crippen molar-refractivity contribution < 1.29 is 9.53 Å². The van der Waals surface area contributed by atoms with Crippen LogP contribution < -0.4 is 5.32 Å². The van der Waals surface area contributed by atoms with Crippen molar-refractivity contribution in [3.63, 3.8) is 0 Å². The number of pyridine rings is 1. The van der Waals surface area contributed by atoms with Gasteiger partial charge >= 0.3 is 5.97 Å². The minimum atomic E-state index is -0.336. The molecule has 0 atom stereocenters. The monoisotopic (exact) mass is 262 g/mol. The van der Waals surface area contributed by atoms with Crippen LogP contribution in [0.5, 0.6) is 0 Å². The molecule has 4 nitrogen and oxygen atoms in total. The van der Waals surface area contributed by atoms with Crippen LogP contribution in [0.3, 0.4) is 0 Å². The van der Waals surface area contributed by atoms with E-state index in [0.717, 1.165) is 12.4 Å². The highest BCUT2D eigenvalue weighted by Gasteiger charge is 2.44. The van der Waals surface area contributed by atoms with Gasteiger partial charge in [-0.1, -0.05) is 13.8 Å². The lowest BCUT2D eigenvalue weighted by Crippen LogP contribution is -2.21. The minimum absolute atomic E-state index is 0.336. The first-order valence-electron chi connectivity index (χ1n) is 6.78. The number of aromatic nitrogens is 1. The highest BCUT2D eigenvalue weighted by atomic mass is 16.5.